The molecule has 0 radical (unpaired) electrons. The van der Waals surface area contributed by atoms with Crippen LogP contribution in [-0.2, 0) is 0 Å². The van der Waals surface area contributed by atoms with Crippen LogP contribution in [0.5, 0.6) is 0 Å². The van der Waals surface area contributed by atoms with Gasteiger partial charge in [0.25, 0.3) is 0 Å². The minimum atomic E-state index is 0.0880. The molecule has 0 spiro atoms. The lowest BCUT2D eigenvalue weighted by Crippen LogP contribution is -2.24. The van der Waals surface area contributed by atoms with Crippen molar-refractivity contribution in [3.05, 3.63) is 0 Å². The molecule has 0 aromatic carbocycles. The van der Waals surface area contributed by atoms with Crippen molar-refractivity contribution in [1.82, 2.24) is 3.71 Å². The van der Waals surface area contributed by atoms with Gasteiger partial charge in [0.15, 0.2) is 0 Å². The highest BCUT2D eigenvalue weighted by Gasteiger charge is 1.98. The van der Waals surface area contributed by atoms with Gasteiger partial charge in [0, 0.05) is 12.5 Å². The van der Waals surface area contributed by atoms with E-state index in [0.29, 0.717) is 0 Å². The van der Waals surface area contributed by atoms with Crippen molar-refractivity contribution in [3.63, 3.8) is 0 Å². The molecule has 0 unspecified atom stereocenters. The molecule has 0 saturated carbocycles. The summed E-state index contributed by atoms with van der Waals surface area (Å²) in [6.45, 7) is 0. The number of guanidine groups is 1. The largest absolute Gasteiger partial charge is 0.369 e. The summed E-state index contributed by atoms with van der Waals surface area (Å²) in [6, 6.07) is 0. The predicted molar refractivity (Wildman–Crippen MR) is 40.8 cm³/mol. The molecule has 0 atom stereocenters. The van der Waals surface area contributed by atoms with Gasteiger partial charge in [-0.3, -0.25) is 5.41 Å². The fourth-order valence-electron chi connectivity index (χ4n) is 0.271. The van der Waals surface area contributed by atoms with Crippen LogP contribution >= 0.6 is 23.9 Å². The molecule has 0 aliphatic heterocycles. The summed E-state index contributed by atoms with van der Waals surface area (Å²) in [5.74, 6) is 0.0880. The van der Waals surface area contributed by atoms with Crippen molar-refractivity contribution < 1.29 is 0 Å². The summed E-state index contributed by atoms with van der Waals surface area (Å²) >= 11 is 2.85. The van der Waals surface area contributed by atoms with Crippen LogP contribution in [0.4, 0.5) is 0 Å². The number of hydrogen-bond donors (Lipinski definition) is 2. The molecule has 8 heavy (non-hydrogen) atoms. The van der Waals surface area contributed by atoms with Crippen LogP contribution in [0.2, 0.25) is 0 Å². The van der Waals surface area contributed by atoms with E-state index in [0.717, 1.165) is 0 Å². The van der Waals surface area contributed by atoms with E-state index in [1.165, 1.54) is 23.9 Å². The molecule has 3 nitrogen and oxygen atoms in total. The van der Waals surface area contributed by atoms with Crippen LogP contribution in [-0.4, -0.2) is 22.2 Å². The second-order valence-corrected chi connectivity index (χ2v) is 2.70. The van der Waals surface area contributed by atoms with Crippen molar-refractivity contribution in [2.45, 2.75) is 0 Å². The summed E-state index contributed by atoms with van der Waals surface area (Å²) in [7, 11) is 0. The second-order valence-electron chi connectivity index (χ2n) is 1.01. The Morgan fingerprint density at radius 3 is 1.88 bits per heavy atom. The van der Waals surface area contributed by atoms with Gasteiger partial charge in [0.05, 0.1) is 0 Å². The smallest absolute Gasteiger partial charge is 0.209 e. The first-order chi connectivity index (χ1) is 3.72. The van der Waals surface area contributed by atoms with Crippen LogP contribution in [0, 0.1) is 5.41 Å². The van der Waals surface area contributed by atoms with E-state index in [1.54, 1.807) is 3.71 Å². The maximum atomic E-state index is 6.91. The van der Waals surface area contributed by atoms with E-state index in [1.807, 2.05) is 12.5 Å². The average Bonchev–Trinajstić information content (AvgIpc) is 1.69. The topological polar surface area (TPSA) is 53.1 Å². The summed E-state index contributed by atoms with van der Waals surface area (Å²) < 4.78 is 1.61. The number of nitrogens with one attached hydrogen (secondary N) is 1. The number of nitrogens with zero attached hydrogens (tertiary/aromatic N) is 1. The lowest BCUT2D eigenvalue weighted by molar-refractivity contribution is 1.08. The van der Waals surface area contributed by atoms with Gasteiger partial charge in [0.2, 0.25) is 5.96 Å². The van der Waals surface area contributed by atoms with Gasteiger partial charge < -0.3 is 5.73 Å². The Balaban J connectivity index is 3.52. The highest BCUT2D eigenvalue weighted by molar-refractivity contribution is 8.12. The van der Waals surface area contributed by atoms with Crippen molar-refractivity contribution in [2.24, 2.45) is 5.73 Å². The van der Waals surface area contributed by atoms with Crippen LogP contribution in [0.3, 0.4) is 0 Å². The monoisotopic (exact) mass is 151 g/mol. The molecule has 48 valence electrons. The van der Waals surface area contributed by atoms with Crippen LogP contribution < -0.4 is 5.73 Å². The normalized spacial score (nSPS) is 8.75. The Morgan fingerprint density at radius 2 is 1.88 bits per heavy atom. The first-order valence-electron chi connectivity index (χ1n) is 1.94. The first-order valence-corrected chi connectivity index (χ1v) is 4.31. The van der Waals surface area contributed by atoms with Crippen LogP contribution in [0.25, 0.3) is 0 Å². The molecule has 0 fully saturated rings. The van der Waals surface area contributed by atoms with Crippen LogP contribution in [0.15, 0.2) is 0 Å². The SMILES string of the molecule is CSN(SC)C(=N)N. The van der Waals surface area contributed by atoms with E-state index in [9.17, 15) is 0 Å². The fourth-order valence-corrected chi connectivity index (χ4v) is 1.26. The highest BCUT2D eigenvalue weighted by Crippen LogP contribution is 2.13. The zero-order chi connectivity index (χ0) is 6.57. The number of rotatable bonds is 2. The molecule has 0 rings (SSSR count). The zero-order valence-electron chi connectivity index (χ0n) is 4.84. The van der Waals surface area contributed by atoms with E-state index in [4.69, 9.17) is 11.1 Å². The fraction of sp³-hybridized carbons (Fsp3) is 0.667. The van der Waals surface area contributed by atoms with Gasteiger partial charge in [0.1, 0.15) is 0 Å². The number of hydrogen-bond acceptors (Lipinski definition) is 3. The van der Waals surface area contributed by atoms with E-state index >= 15 is 0 Å². The van der Waals surface area contributed by atoms with Crippen molar-refractivity contribution in [2.75, 3.05) is 12.5 Å². The van der Waals surface area contributed by atoms with Gasteiger partial charge in [-0.05, 0) is 23.9 Å². The molecular weight excluding hydrogens is 142 g/mol. The highest BCUT2D eigenvalue weighted by atomic mass is 32.2. The van der Waals surface area contributed by atoms with Crippen LogP contribution in [0.1, 0.15) is 0 Å². The maximum Gasteiger partial charge on any atom is 0.209 e. The Kier molecular flexibility index (Phi) is 3.90. The lowest BCUT2D eigenvalue weighted by atomic mass is 11.1. The molecule has 5 heteroatoms. The van der Waals surface area contributed by atoms with E-state index in [-0.39, 0.29) is 5.96 Å². The first kappa shape index (κ1) is 7.97. The van der Waals surface area contributed by atoms with Crippen molar-refractivity contribution >= 4 is 29.9 Å². The lowest BCUT2D eigenvalue weighted by Gasteiger charge is -2.13. The average molecular weight is 151 g/mol. The summed E-state index contributed by atoms with van der Waals surface area (Å²) in [5, 5.41) is 6.91. The minimum Gasteiger partial charge on any atom is -0.369 e. The van der Waals surface area contributed by atoms with Gasteiger partial charge in [-0.1, -0.05) is 0 Å². The Hall–Kier alpha value is -0.0300. The van der Waals surface area contributed by atoms with Crippen molar-refractivity contribution in [3.8, 4) is 0 Å². The Bertz CT molecular complexity index is 80.6. The third kappa shape index (κ3) is 2.32. The van der Waals surface area contributed by atoms with E-state index in [2.05, 4.69) is 0 Å². The van der Waals surface area contributed by atoms with Crippen molar-refractivity contribution in [1.29, 1.82) is 5.41 Å². The van der Waals surface area contributed by atoms with E-state index < -0.39 is 0 Å². The maximum absolute atomic E-state index is 6.91. The van der Waals surface area contributed by atoms with Gasteiger partial charge in [-0.25, -0.2) is 3.71 Å². The molecular formula is C3H9N3S2. The molecule has 3 N–H and O–H groups in total. The second kappa shape index (κ2) is 3.91. The molecule has 0 aliphatic carbocycles. The summed E-state index contributed by atoms with van der Waals surface area (Å²) in [6.07, 6.45) is 3.75. The third-order valence-electron chi connectivity index (χ3n) is 0.528. The van der Waals surface area contributed by atoms with Gasteiger partial charge >= 0.3 is 0 Å². The predicted octanol–water partition coefficient (Wildman–Crippen LogP) is 0.738. The summed E-state index contributed by atoms with van der Waals surface area (Å²) in [5.41, 5.74) is 5.13. The van der Waals surface area contributed by atoms with Gasteiger partial charge in [-0.15, -0.1) is 0 Å². The zero-order valence-corrected chi connectivity index (χ0v) is 6.47. The molecule has 0 aromatic rings. The third-order valence-corrected chi connectivity index (χ3v) is 2.48. The molecule has 0 amide bonds. The minimum absolute atomic E-state index is 0.0880. The van der Waals surface area contributed by atoms with Gasteiger partial charge in [-0.2, -0.15) is 0 Å². The standard InChI is InChI=1S/C3H9N3S2/c1-7-6(8-2)3(4)5/h1-2H3,(H3,4,5). The molecule has 0 aromatic heterocycles. The number of nitrogens with two attached hydrogens (primary N) is 1. The molecule has 0 heterocycles. The molecule has 0 aliphatic rings. The Labute approximate surface area is 57.8 Å². The molecule has 0 saturated heterocycles. The summed E-state index contributed by atoms with van der Waals surface area (Å²) in [4.78, 5) is 0. The molecule has 0 bridgehead atoms. The quantitative estimate of drug-likeness (QED) is 0.347. The Morgan fingerprint density at radius 1 is 1.50 bits per heavy atom.